The third-order valence-corrected chi connectivity index (χ3v) is 7.88. The van der Waals surface area contributed by atoms with E-state index in [0.717, 1.165) is 48.7 Å². The summed E-state index contributed by atoms with van der Waals surface area (Å²) in [4.78, 5) is 31.6. The van der Waals surface area contributed by atoms with Gasteiger partial charge in [-0.25, -0.2) is 0 Å². The molecule has 2 heterocycles. The second kappa shape index (κ2) is 16.5. The molecule has 37 heavy (non-hydrogen) atoms. The molecular weight excluding hydrogens is 460 g/mol. The Bertz CT molecular complexity index is 940. The lowest BCUT2D eigenvalue weighted by molar-refractivity contribution is -0.131. The number of fused-ring (bicyclic) bond motifs is 1. The number of aromatic nitrogens is 1. The van der Waals surface area contributed by atoms with Crippen LogP contribution in [0.3, 0.4) is 0 Å². The molecule has 0 spiro atoms. The van der Waals surface area contributed by atoms with Crippen LogP contribution in [0.15, 0.2) is 30.5 Å². The number of likely N-dealkylation sites (tertiary alicyclic amines) is 1. The van der Waals surface area contributed by atoms with E-state index in [4.69, 9.17) is 0 Å². The van der Waals surface area contributed by atoms with Crippen molar-refractivity contribution in [2.45, 2.75) is 115 Å². The van der Waals surface area contributed by atoms with Gasteiger partial charge in [-0.1, -0.05) is 95.8 Å². The molecule has 3 N–H and O–H groups in total. The van der Waals surface area contributed by atoms with Crippen LogP contribution in [0.5, 0.6) is 0 Å². The number of nitrogens with one attached hydrogen (secondary N) is 3. The maximum atomic E-state index is 13.2. The Hall–Kier alpha value is -2.34. The molecule has 2 aromatic rings. The van der Waals surface area contributed by atoms with E-state index in [1.807, 2.05) is 31.4 Å². The third kappa shape index (κ3) is 9.81. The van der Waals surface area contributed by atoms with Gasteiger partial charge in [-0.15, -0.1) is 0 Å². The first-order valence-corrected chi connectivity index (χ1v) is 14.9. The highest BCUT2D eigenvalue weighted by atomic mass is 16.2. The zero-order chi connectivity index (χ0) is 26.3. The van der Waals surface area contributed by atoms with E-state index < -0.39 is 6.04 Å². The monoisotopic (exact) mass is 510 g/mol. The van der Waals surface area contributed by atoms with E-state index in [1.165, 1.54) is 64.2 Å². The Balaban J connectivity index is 1.40. The van der Waals surface area contributed by atoms with Crippen LogP contribution >= 0.6 is 0 Å². The van der Waals surface area contributed by atoms with Crippen molar-refractivity contribution in [1.29, 1.82) is 0 Å². The molecule has 0 radical (unpaired) electrons. The van der Waals surface area contributed by atoms with E-state index in [-0.39, 0.29) is 17.9 Å². The molecule has 6 heteroatoms. The molecule has 0 saturated carbocycles. The quantitative estimate of drug-likeness (QED) is 0.212. The van der Waals surface area contributed by atoms with Crippen LogP contribution in [-0.4, -0.2) is 53.9 Å². The summed E-state index contributed by atoms with van der Waals surface area (Å²) in [5.41, 5.74) is 2.11. The van der Waals surface area contributed by atoms with Crippen molar-refractivity contribution in [3.63, 3.8) is 0 Å². The molecule has 1 fully saturated rings. The fourth-order valence-corrected chi connectivity index (χ4v) is 5.54. The Labute approximate surface area is 224 Å². The summed E-state index contributed by atoms with van der Waals surface area (Å²) in [5.74, 6) is -0.118. The number of aromatic amines is 1. The number of hydrogen-bond acceptors (Lipinski definition) is 3. The van der Waals surface area contributed by atoms with Gasteiger partial charge >= 0.3 is 0 Å². The van der Waals surface area contributed by atoms with E-state index in [1.54, 1.807) is 0 Å². The first kappa shape index (κ1) is 29.2. The molecule has 6 nitrogen and oxygen atoms in total. The van der Waals surface area contributed by atoms with Gasteiger partial charge in [-0.3, -0.25) is 14.5 Å². The number of rotatable bonds is 18. The van der Waals surface area contributed by atoms with E-state index >= 15 is 0 Å². The third-order valence-electron chi connectivity index (χ3n) is 7.88. The molecule has 0 bridgehead atoms. The SMILES string of the molecule is CCCCCCCCCCCCCCNC(=O)[C@H](Cc1c[nH]c2ccccc12)NC(=O)[C@@H]1CCCN1C. The number of unbranched alkanes of at least 4 members (excludes halogenated alkanes) is 11. The molecule has 2 amide bonds. The lowest BCUT2D eigenvalue weighted by atomic mass is 10.0. The lowest BCUT2D eigenvalue weighted by Gasteiger charge is -2.23. The van der Waals surface area contributed by atoms with Gasteiger partial charge in [0.25, 0.3) is 0 Å². The number of H-pyrrole nitrogens is 1. The maximum Gasteiger partial charge on any atom is 0.242 e. The standard InChI is InChI=1S/C31H50N4O2/c1-3-4-5-6-7-8-9-10-11-12-13-16-21-32-30(36)28(34-31(37)29-20-17-22-35(29)2)23-25-24-33-27-19-15-14-18-26(25)27/h14-15,18-19,24,28-29,33H,3-13,16-17,20-23H2,1-2H3,(H,32,36)(H,34,37)/t28-,29-/m0/s1. The molecular formula is C31H50N4O2. The zero-order valence-electron chi connectivity index (χ0n) is 23.3. The Morgan fingerprint density at radius 3 is 2.27 bits per heavy atom. The fourth-order valence-electron chi connectivity index (χ4n) is 5.54. The van der Waals surface area contributed by atoms with Crippen LogP contribution in [0.25, 0.3) is 10.9 Å². The van der Waals surface area contributed by atoms with Crippen molar-refractivity contribution >= 4 is 22.7 Å². The van der Waals surface area contributed by atoms with Gasteiger partial charge in [-0.05, 0) is 44.5 Å². The second-order valence-electron chi connectivity index (χ2n) is 10.9. The predicted octanol–water partition coefficient (Wildman–Crippen LogP) is 6.11. The van der Waals surface area contributed by atoms with Gasteiger partial charge in [0.1, 0.15) is 6.04 Å². The van der Waals surface area contributed by atoms with Crippen molar-refractivity contribution in [2.24, 2.45) is 0 Å². The minimum absolute atomic E-state index is 0.0367. The molecule has 206 valence electrons. The van der Waals surface area contributed by atoms with Gasteiger partial charge in [0.2, 0.25) is 11.8 Å². The van der Waals surface area contributed by atoms with Crippen LogP contribution in [0.4, 0.5) is 0 Å². The Morgan fingerprint density at radius 1 is 0.973 bits per heavy atom. The fraction of sp³-hybridized carbons (Fsp3) is 0.677. The molecule has 1 aliphatic rings. The molecule has 1 aliphatic heterocycles. The minimum atomic E-state index is -0.571. The van der Waals surface area contributed by atoms with Gasteiger partial charge in [0.05, 0.1) is 6.04 Å². The summed E-state index contributed by atoms with van der Waals surface area (Å²) < 4.78 is 0. The topological polar surface area (TPSA) is 77.2 Å². The van der Waals surface area contributed by atoms with Crippen molar-refractivity contribution in [1.82, 2.24) is 20.5 Å². The Morgan fingerprint density at radius 2 is 1.62 bits per heavy atom. The van der Waals surface area contributed by atoms with Crippen molar-refractivity contribution < 1.29 is 9.59 Å². The van der Waals surface area contributed by atoms with Gasteiger partial charge in [0.15, 0.2) is 0 Å². The van der Waals surface area contributed by atoms with Crippen LogP contribution in [0.1, 0.15) is 102 Å². The van der Waals surface area contributed by atoms with E-state index in [9.17, 15) is 9.59 Å². The number of carbonyl (C=O) groups excluding carboxylic acids is 2. The van der Waals surface area contributed by atoms with Gasteiger partial charge < -0.3 is 15.6 Å². The van der Waals surface area contributed by atoms with Crippen LogP contribution in [0, 0.1) is 0 Å². The van der Waals surface area contributed by atoms with Crippen molar-refractivity contribution in [3.8, 4) is 0 Å². The molecule has 1 aromatic carbocycles. The highest BCUT2D eigenvalue weighted by Gasteiger charge is 2.31. The second-order valence-corrected chi connectivity index (χ2v) is 10.9. The number of amides is 2. The number of likely N-dealkylation sites (N-methyl/N-ethyl adjacent to an activating group) is 1. The summed E-state index contributed by atoms with van der Waals surface area (Å²) >= 11 is 0. The Kier molecular flexibility index (Phi) is 13.0. The summed E-state index contributed by atoms with van der Waals surface area (Å²) in [7, 11) is 1.99. The molecule has 0 aliphatic carbocycles. The number of para-hydroxylation sites is 1. The van der Waals surface area contributed by atoms with Crippen LogP contribution < -0.4 is 10.6 Å². The molecule has 0 unspecified atom stereocenters. The lowest BCUT2D eigenvalue weighted by Crippen LogP contribution is -2.52. The average molecular weight is 511 g/mol. The molecule has 3 rings (SSSR count). The summed E-state index contributed by atoms with van der Waals surface area (Å²) in [6.07, 6.45) is 19.9. The highest BCUT2D eigenvalue weighted by Crippen LogP contribution is 2.20. The van der Waals surface area contributed by atoms with Crippen molar-refractivity contribution in [3.05, 3.63) is 36.0 Å². The van der Waals surface area contributed by atoms with E-state index in [0.29, 0.717) is 13.0 Å². The number of carbonyl (C=O) groups is 2. The molecule has 1 aromatic heterocycles. The van der Waals surface area contributed by atoms with Crippen LogP contribution in [-0.2, 0) is 16.0 Å². The van der Waals surface area contributed by atoms with Gasteiger partial charge in [0, 0.05) is 30.1 Å². The van der Waals surface area contributed by atoms with Crippen molar-refractivity contribution in [2.75, 3.05) is 20.1 Å². The highest BCUT2D eigenvalue weighted by molar-refractivity contribution is 5.91. The number of hydrogen-bond donors (Lipinski definition) is 3. The minimum Gasteiger partial charge on any atom is -0.361 e. The summed E-state index contributed by atoms with van der Waals surface area (Å²) in [6, 6.07) is 7.39. The smallest absolute Gasteiger partial charge is 0.242 e. The normalized spacial score (nSPS) is 16.8. The maximum absolute atomic E-state index is 13.2. The van der Waals surface area contributed by atoms with E-state index in [2.05, 4.69) is 33.5 Å². The largest absolute Gasteiger partial charge is 0.361 e. The predicted molar refractivity (Wildman–Crippen MR) is 154 cm³/mol. The first-order valence-electron chi connectivity index (χ1n) is 14.9. The summed E-state index contributed by atoms with van der Waals surface area (Å²) in [5, 5.41) is 7.30. The number of benzene rings is 1. The summed E-state index contributed by atoms with van der Waals surface area (Å²) in [6.45, 7) is 3.86. The number of nitrogens with zero attached hydrogens (tertiary/aromatic N) is 1. The average Bonchev–Trinajstić information content (AvgIpc) is 3.52. The molecule has 2 atom stereocenters. The van der Waals surface area contributed by atoms with Crippen LogP contribution in [0.2, 0.25) is 0 Å². The first-order chi connectivity index (χ1) is 18.1. The zero-order valence-corrected chi connectivity index (χ0v) is 23.3. The van der Waals surface area contributed by atoms with Gasteiger partial charge in [-0.2, -0.15) is 0 Å². The molecule has 1 saturated heterocycles.